The largest absolute Gasteiger partial charge is 0.389 e. The summed E-state index contributed by atoms with van der Waals surface area (Å²) in [6.45, 7) is 3.52. The molecule has 1 atom stereocenters. The highest BCUT2D eigenvalue weighted by molar-refractivity contribution is 6.59. The molecule has 0 fully saturated rings. The van der Waals surface area contributed by atoms with Crippen LogP contribution in [0.25, 0.3) is 0 Å². The molecule has 4 heteroatoms. The number of rotatable bonds is 0. The summed E-state index contributed by atoms with van der Waals surface area (Å²) >= 11 is 11.6. The number of alkyl halides is 2. The van der Waals surface area contributed by atoms with Gasteiger partial charge in [-0.15, -0.1) is 0 Å². The fourth-order valence-electron chi connectivity index (χ4n) is 0.579. The van der Waals surface area contributed by atoms with E-state index >= 15 is 0 Å². The first-order valence-electron chi connectivity index (χ1n) is 2.64. The summed E-state index contributed by atoms with van der Waals surface area (Å²) in [6, 6.07) is 0. The maximum Gasteiger partial charge on any atom is 0.197 e. The van der Waals surface area contributed by atoms with Crippen LogP contribution in [0, 0.1) is 0 Å². The summed E-state index contributed by atoms with van der Waals surface area (Å²) in [4.78, 5) is 4.80. The van der Waals surface area contributed by atoms with Crippen molar-refractivity contribution in [1.82, 2.24) is 0 Å². The molecule has 0 spiro atoms. The van der Waals surface area contributed by atoms with E-state index in [2.05, 4.69) is 5.16 Å². The Morgan fingerprint density at radius 1 is 1.67 bits per heavy atom. The van der Waals surface area contributed by atoms with Crippen molar-refractivity contribution in [3.8, 4) is 0 Å². The van der Waals surface area contributed by atoms with Gasteiger partial charge in [-0.25, -0.2) is 0 Å². The van der Waals surface area contributed by atoms with Gasteiger partial charge in [0.1, 0.15) is 0 Å². The van der Waals surface area contributed by atoms with Crippen LogP contribution < -0.4 is 0 Å². The molecular weight excluding hydrogens is 161 g/mol. The molecule has 0 bridgehead atoms. The first-order chi connectivity index (χ1) is 4.05. The lowest BCUT2D eigenvalue weighted by Gasteiger charge is -2.14. The molecule has 0 aromatic heterocycles. The molecule has 1 unspecified atom stereocenters. The summed E-state index contributed by atoms with van der Waals surface area (Å²) in [7, 11) is 0. The van der Waals surface area contributed by atoms with Crippen LogP contribution in [0.1, 0.15) is 13.8 Å². The summed E-state index contributed by atoms with van der Waals surface area (Å²) in [5.41, 5.74) is 0.623. The van der Waals surface area contributed by atoms with Crippen molar-refractivity contribution in [2.24, 2.45) is 5.16 Å². The quantitative estimate of drug-likeness (QED) is 0.506. The van der Waals surface area contributed by atoms with Gasteiger partial charge in [0.05, 0.1) is 5.71 Å². The number of oxime groups is 1. The average molecular weight is 168 g/mol. The fraction of sp³-hybridized carbons (Fsp3) is 0.800. The van der Waals surface area contributed by atoms with Crippen LogP contribution in [0.2, 0.25) is 0 Å². The predicted molar refractivity (Wildman–Crippen MR) is 38.1 cm³/mol. The van der Waals surface area contributed by atoms with Gasteiger partial charge in [0.15, 0.2) is 10.4 Å². The van der Waals surface area contributed by atoms with E-state index in [9.17, 15) is 0 Å². The Hall–Kier alpha value is 0.0500. The maximum absolute atomic E-state index is 5.78. The van der Waals surface area contributed by atoms with Crippen LogP contribution in [0.15, 0.2) is 5.16 Å². The molecule has 1 rings (SSSR count). The third kappa shape index (κ3) is 1.01. The molecule has 0 saturated heterocycles. The molecule has 0 saturated carbocycles. The van der Waals surface area contributed by atoms with Crippen molar-refractivity contribution in [1.29, 1.82) is 0 Å². The Kier molecular flexibility index (Phi) is 1.61. The third-order valence-electron chi connectivity index (χ3n) is 1.34. The van der Waals surface area contributed by atoms with Crippen LogP contribution in [-0.4, -0.2) is 16.1 Å². The van der Waals surface area contributed by atoms with E-state index in [0.29, 0.717) is 5.71 Å². The molecule has 1 aliphatic rings. The lowest BCUT2D eigenvalue weighted by Crippen LogP contribution is -2.30. The van der Waals surface area contributed by atoms with E-state index in [1.54, 1.807) is 13.8 Å². The van der Waals surface area contributed by atoms with Gasteiger partial charge < -0.3 is 4.84 Å². The van der Waals surface area contributed by atoms with E-state index in [1.807, 2.05) is 0 Å². The number of nitrogens with zero attached hydrogens (tertiary/aromatic N) is 1. The normalized spacial score (nSPS) is 31.6. The Morgan fingerprint density at radius 2 is 2.22 bits per heavy atom. The van der Waals surface area contributed by atoms with E-state index < -0.39 is 4.33 Å². The summed E-state index contributed by atoms with van der Waals surface area (Å²) < 4.78 is -0.917. The smallest absolute Gasteiger partial charge is 0.197 e. The Morgan fingerprint density at radius 3 is 2.33 bits per heavy atom. The zero-order valence-corrected chi connectivity index (χ0v) is 6.70. The molecule has 0 amide bonds. The Bertz CT molecular complexity index is 155. The fourth-order valence-corrected chi connectivity index (χ4v) is 0.728. The van der Waals surface area contributed by atoms with Crippen LogP contribution in [-0.2, 0) is 4.84 Å². The first kappa shape index (κ1) is 7.16. The molecule has 1 heterocycles. The minimum Gasteiger partial charge on any atom is -0.389 e. The van der Waals surface area contributed by atoms with Crippen molar-refractivity contribution in [3.05, 3.63) is 0 Å². The standard InChI is InChI=1S/C5H7Cl2NO/c1-3-5(6,7)4(2)9-8-3/h4H,1-2H3. The topological polar surface area (TPSA) is 21.6 Å². The second-order valence-electron chi connectivity index (χ2n) is 2.05. The van der Waals surface area contributed by atoms with Crippen molar-refractivity contribution >= 4 is 28.9 Å². The molecule has 2 nitrogen and oxygen atoms in total. The van der Waals surface area contributed by atoms with Gasteiger partial charge in [-0.1, -0.05) is 28.4 Å². The van der Waals surface area contributed by atoms with Gasteiger partial charge in [-0.2, -0.15) is 0 Å². The molecule has 9 heavy (non-hydrogen) atoms. The van der Waals surface area contributed by atoms with Crippen LogP contribution >= 0.6 is 23.2 Å². The monoisotopic (exact) mass is 167 g/mol. The van der Waals surface area contributed by atoms with Crippen molar-refractivity contribution in [2.75, 3.05) is 0 Å². The number of halogens is 2. The van der Waals surface area contributed by atoms with Gasteiger partial charge in [-0.05, 0) is 13.8 Å². The number of hydrogen-bond acceptors (Lipinski definition) is 2. The second-order valence-corrected chi connectivity index (χ2v) is 3.43. The molecule has 0 N–H and O–H groups in total. The van der Waals surface area contributed by atoms with E-state index in [4.69, 9.17) is 28.0 Å². The van der Waals surface area contributed by atoms with Gasteiger partial charge in [0.2, 0.25) is 0 Å². The van der Waals surface area contributed by atoms with Crippen LogP contribution in [0.3, 0.4) is 0 Å². The third-order valence-corrected chi connectivity index (χ3v) is 2.50. The van der Waals surface area contributed by atoms with E-state index in [0.717, 1.165) is 0 Å². The zero-order chi connectivity index (χ0) is 7.07. The highest BCUT2D eigenvalue weighted by Gasteiger charge is 2.41. The van der Waals surface area contributed by atoms with Gasteiger partial charge in [0.25, 0.3) is 0 Å². The summed E-state index contributed by atoms with van der Waals surface area (Å²) in [5.74, 6) is 0. The number of hydrogen-bond donors (Lipinski definition) is 0. The predicted octanol–water partition coefficient (Wildman–Crippen LogP) is 1.95. The molecule has 1 aliphatic heterocycles. The van der Waals surface area contributed by atoms with Crippen LogP contribution in [0.4, 0.5) is 0 Å². The second kappa shape index (κ2) is 2.03. The lowest BCUT2D eigenvalue weighted by atomic mass is 10.2. The zero-order valence-electron chi connectivity index (χ0n) is 5.19. The maximum atomic E-state index is 5.78. The van der Waals surface area contributed by atoms with Gasteiger partial charge in [-0.3, -0.25) is 0 Å². The lowest BCUT2D eigenvalue weighted by molar-refractivity contribution is 0.0956. The van der Waals surface area contributed by atoms with Gasteiger partial charge in [0, 0.05) is 0 Å². The van der Waals surface area contributed by atoms with Crippen molar-refractivity contribution in [3.63, 3.8) is 0 Å². The summed E-state index contributed by atoms with van der Waals surface area (Å²) in [6.07, 6.45) is -0.235. The van der Waals surface area contributed by atoms with Crippen molar-refractivity contribution in [2.45, 2.75) is 24.3 Å². The minimum atomic E-state index is -0.917. The summed E-state index contributed by atoms with van der Waals surface area (Å²) in [5, 5.41) is 3.62. The highest BCUT2D eigenvalue weighted by Crippen LogP contribution is 2.33. The Balaban J connectivity index is 2.81. The average Bonchev–Trinajstić information content (AvgIpc) is 1.96. The molecule has 0 aromatic carbocycles. The minimum absolute atomic E-state index is 0.235. The van der Waals surface area contributed by atoms with E-state index in [1.165, 1.54) is 0 Å². The molecule has 52 valence electrons. The molecular formula is C5H7Cl2NO. The van der Waals surface area contributed by atoms with E-state index in [-0.39, 0.29) is 6.10 Å². The van der Waals surface area contributed by atoms with Crippen LogP contribution in [0.5, 0.6) is 0 Å². The Labute approximate surface area is 63.8 Å². The highest BCUT2D eigenvalue weighted by atomic mass is 35.5. The van der Waals surface area contributed by atoms with Crippen molar-refractivity contribution < 1.29 is 4.84 Å². The molecule has 0 aliphatic carbocycles. The molecule has 0 radical (unpaired) electrons. The molecule has 0 aromatic rings. The first-order valence-corrected chi connectivity index (χ1v) is 3.39. The van der Waals surface area contributed by atoms with Gasteiger partial charge >= 0.3 is 0 Å². The SMILES string of the molecule is CC1=NOC(C)C1(Cl)Cl.